The van der Waals surface area contributed by atoms with Gasteiger partial charge in [0.05, 0.1) is 12.7 Å². The van der Waals surface area contributed by atoms with Gasteiger partial charge in [-0.05, 0) is 0 Å². The average molecular weight is 178 g/mol. The van der Waals surface area contributed by atoms with Crippen LogP contribution in [0.5, 0.6) is 0 Å². The average Bonchev–Trinajstić information content (AvgIpc) is 2.45. The molecule has 3 N–H and O–H groups in total. The zero-order chi connectivity index (χ0) is 9.14. The van der Waals surface area contributed by atoms with Crippen LogP contribution in [0.1, 0.15) is 6.42 Å². The summed E-state index contributed by atoms with van der Waals surface area (Å²) in [5, 5.41) is 27.1. The van der Waals surface area contributed by atoms with Gasteiger partial charge >= 0.3 is 0 Å². The van der Waals surface area contributed by atoms with E-state index in [0.717, 1.165) is 0 Å². The number of aliphatic hydroxyl groups is 3. The van der Waals surface area contributed by atoms with Crippen molar-refractivity contribution in [1.82, 2.24) is 0 Å². The van der Waals surface area contributed by atoms with Gasteiger partial charge < -0.3 is 24.8 Å². The highest BCUT2D eigenvalue weighted by Gasteiger charge is 2.38. The third-order valence-electron chi connectivity index (χ3n) is 1.95. The Labute approximate surface area is 70.5 Å². The van der Waals surface area contributed by atoms with Gasteiger partial charge in [0.2, 0.25) is 0 Å². The minimum Gasteiger partial charge on any atom is -0.394 e. The van der Waals surface area contributed by atoms with Crippen LogP contribution in [0.15, 0.2) is 0 Å². The number of hydrogen-bond donors (Lipinski definition) is 3. The van der Waals surface area contributed by atoms with E-state index in [1.807, 2.05) is 0 Å². The zero-order valence-corrected chi connectivity index (χ0v) is 6.88. The fourth-order valence-corrected chi connectivity index (χ4v) is 1.26. The maximum atomic E-state index is 9.32. The first-order chi connectivity index (χ1) is 5.69. The Bertz CT molecular complexity index is 140. The molecule has 0 unspecified atom stereocenters. The number of ether oxygens (including phenoxy) is 2. The van der Waals surface area contributed by atoms with Crippen LogP contribution in [-0.4, -0.2) is 53.6 Å². The maximum absolute atomic E-state index is 9.32. The number of methoxy groups -OCH3 is 1. The first kappa shape index (κ1) is 9.88. The summed E-state index contributed by atoms with van der Waals surface area (Å²) >= 11 is 0. The normalized spacial score (nSPS) is 38.5. The van der Waals surface area contributed by atoms with Crippen LogP contribution < -0.4 is 0 Å². The maximum Gasteiger partial charge on any atom is 0.160 e. The molecule has 12 heavy (non-hydrogen) atoms. The van der Waals surface area contributed by atoms with E-state index in [4.69, 9.17) is 19.7 Å². The molecule has 0 spiro atoms. The fourth-order valence-electron chi connectivity index (χ4n) is 1.26. The van der Waals surface area contributed by atoms with E-state index in [0.29, 0.717) is 6.42 Å². The van der Waals surface area contributed by atoms with Crippen LogP contribution in [0.3, 0.4) is 0 Å². The van der Waals surface area contributed by atoms with E-state index in [1.165, 1.54) is 7.11 Å². The molecule has 5 heteroatoms. The lowest BCUT2D eigenvalue weighted by Crippen LogP contribution is -2.36. The summed E-state index contributed by atoms with van der Waals surface area (Å²) in [5.74, 6) is 0. The van der Waals surface area contributed by atoms with E-state index >= 15 is 0 Å². The first-order valence-corrected chi connectivity index (χ1v) is 3.84. The molecule has 1 fully saturated rings. The third-order valence-corrected chi connectivity index (χ3v) is 1.95. The molecule has 0 amide bonds. The Hall–Kier alpha value is -0.200. The summed E-state index contributed by atoms with van der Waals surface area (Å²) in [6, 6.07) is 0. The van der Waals surface area contributed by atoms with Gasteiger partial charge in [0.15, 0.2) is 6.29 Å². The van der Waals surface area contributed by atoms with Crippen molar-refractivity contribution >= 4 is 0 Å². The van der Waals surface area contributed by atoms with Crippen molar-refractivity contribution in [2.45, 2.75) is 31.0 Å². The van der Waals surface area contributed by atoms with Gasteiger partial charge in [0.1, 0.15) is 12.2 Å². The SMILES string of the molecule is CO[C@@H]1C[C@@H](O)[C@H]([C@@H](O)CO)O1. The summed E-state index contributed by atoms with van der Waals surface area (Å²) in [4.78, 5) is 0. The Morgan fingerprint density at radius 3 is 2.75 bits per heavy atom. The molecule has 0 saturated carbocycles. The molecule has 0 aromatic heterocycles. The lowest BCUT2D eigenvalue weighted by atomic mass is 10.1. The Kier molecular flexibility index (Phi) is 3.42. The predicted molar refractivity (Wildman–Crippen MR) is 39.4 cm³/mol. The van der Waals surface area contributed by atoms with Gasteiger partial charge in [0.25, 0.3) is 0 Å². The Morgan fingerprint density at radius 1 is 1.67 bits per heavy atom. The lowest BCUT2D eigenvalue weighted by Gasteiger charge is -2.18. The monoisotopic (exact) mass is 178 g/mol. The highest BCUT2D eigenvalue weighted by Crippen LogP contribution is 2.22. The molecule has 1 heterocycles. The largest absolute Gasteiger partial charge is 0.394 e. The molecule has 0 aromatic carbocycles. The third kappa shape index (κ3) is 1.94. The molecule has 1 saturated heterocycles. The van der Waals surface area contributed by atoms with Crippen molar-refractivity contribution in [1.29, 1.82) is 0 Å². The Balaban J connectivity index is 2.45. The second-order valence-corrected chi connectivity index (χ2v) is 2.82. The zero-order valence-electron chi connectivity index (χ0n) is 6.88. The van der Waals surface area contributed by atoms with Gasteiger partial charge in [-0.15, -0.1) is 0 Å². The fraction of sp³-hybridized carbons (Fsp3) is 1.00. The van der Waals surface area contributed by atoms with Crippen molar-refractivity contribution in [3.8, 4) is 0 Å². The quantitative estimate of drug-likeness (QED) is 0.488. The topological polar surface area (TPSA) is 79.2 Å². The van der Waals surface area contributed by atoms with Gasteiger partial charge in [-0.3, -0.25) is 0 Å². The van der Waals surface area contributed by atoms with E-state index in [2.05, 4.69) is 0 Å². The molecular weight excluding hydrogens is 164 g/mol. The number of aliphatic hydroxyl groups excluding tert-OH is 3. The highest BCUT2D eigenvalue weighted by molar-refractivity contribution is 4.83. The molecule has 5 nitrogen and oxygen atoms in total. The molecule has 0 aliphatic carbocycles. The highest BCUT2D eigenvalue weighted by atomic mass is 16.7. The van der Waals surface area contributed by atoms with Crippen LogP contribution in [0, 0.1) is 0 Å². The molecule has 4 atom stereocenters. The van der Waals surface area contributed by atoms with Gasteiger partial charge in [-0.25, -0.2) is 0 Å². The lowest BCUT2D eigenvalue weighted by molar-refractivity contribution is -0.150. The van der Waals surface area contributed by atoms with Gasteiger partial charge in [-0.2, -0.15) is 0 Å². The molecule has 0 bridgehead atoms. The number of hydrogen-bond acceptors (Lipinski definition) is 5. The van der Waals surface area contributed by atoms with E-state index in [-0.39, 0.29) is 0 Å². The summed E-state index contributed by atoms with van der Waals surface area (Å²) < 4.78 is 9.92. The van der Waals surface area contributed by atoms with Crippen LogP contribution >= 0.6 is 0 Å². The van der Waals surface area contributed by atoms with E-state index < -0.39 is 31.2 Å². The van der Waals surface area contributed by atoms with Crippen LogP contribution in [0.25, 0.3) is 0 Å². The Morgan fingerprint density at radius 2 is 2.33 bits per heavy atom. The smallest absolute Gasteiger partial charge is 0.160 e. The van der Waals surface area contributed by atoms with E-state index in [1.54, 1.807) is 0 Å². The standard InChI is InChI=1S/C7H14O5/c1-11-6-2-4(9)7(12-6)5(10)3-8/h4-10H,2-3H2,1H3/t4-,5+,6+,7-/m1/s1. The predicted octanol–water partition coefficient (Wildman–Crippen LogP) is -1.54. The minimum atomic E-state index is -1.04. The van der Waals surface area contributed by atoms with Crippen LogP contribution in [0.2, 0.25) is 0 Å². The summed E-state index contributed by atoms with van der Waals surface area (Å²) in [6.45, 7) is -0.418. The molecule has 1 aliphatic rings. The second-order valence-electron chi connectivity index (χ2n) is 2.82. The van der Waals surface area contributed by atoms with Crippen LogP contribution in [-0.2, 0) is 9.47 Å². The van der Waals surface area contributed by atoms with Crippen LogP contribution in [0.4, 0.5) is 0 Å². The van der Waals surface area contributed by atoms with Crippen molar-refractivity contribution in [2.24, 2.45) is 0 Å². The number of rotatable bonds is 3. The molecule has 1 rings (SSSR count). The summed E-state index contributed by atoms with van der Waals surface area (Å²) in [6.07, 6.45) is -2.69. The minimum absolute atomic E-state index is 0.332. The first-order valence-electron chi connectivity index (χ1n) is 3.84. The summed E-state index contributed by atoms with van der Waals surface area (Å²) in [5.41, 5.74) is 0. The second kappa shape index (κ2) is 4.15. The van der Waals surface area contributed by atoms with Gasteiger partial charge in [-0.1, -0.05) is 0 Å². The van der Waals surface area contributed by atoms with Gasteiger partial charge in [0, 0.05) is 13.5 Å². The van der Waals surface area contributed by atoms with Crippen molar-refractivity contribution < 1.29 is 24.8 Å². The molecule has 1 aliphatic heterocycles. The molecular formula is C7H14O5. The molecule has 0 aromatic rings. The van der Waals surface area contributed by atoms with E-state index in [9.17, 15) is 5.11 Å². The van der Waals surface area contributed by atoms with Crippen molar-refractivity contribution in [2.75, 3.05) is 13.7 Å². The summed E-state index contributed by atoms with van der Waals surface area (Å²) in [7, 11) is 1.46. The molecule has 72 valence electrons. The molecule has 0 radical (unpaired) electrons. The van der Waals surface area contributed by atoms with Crippen molar-refractivity contribution in [3.63, 3.8) is 0 Å². The van der Waals surface area contributed by atoms with Crippen molar-refractivity contribution in [3.05, 3.63) is 0 Å².